The number of hydrogen-bond acceptors (Lipinski definition) is 4. The first-order valence-corrected chi connectivity index (χ1v) is 8.02. The van der Waals surface area contributed by atoms with Gasteiger partial charge in [0.15, 0.2) is 0 Å². The zero-order valence-corrected chi connectivity index (χ0v) is 13.4. The van der Waals surface area contributed by atoms with E-state index >= 15 is 0 Å². The summed E-state index contributed by atoms with van der Waals surface area (Å²) in [5.74, 6) is -1.49. The van der Waals surface area contributed by atoms with E-state index in [1.807, 2.05) is 0 Å². The van der Waals surface area contributed by atoms with E-state index in [0.717, 1.165) is 31.4 Å². The Morgan fingerprint density at radius 2 is 1.92 bits per heavy atom. The van der Waals surface area contributed by atoms with Gasteiger partial charge in [0.25, 0.3) is 0 Å². The molecule has 1 aliphatic rings. The van der Waals surface area contributed by atoms with Gasteiger partial charge in [0, 0.05) is 18.7 Å². The molecule has 0 spiro atoms. The number of hydrogen-bond donors (Lipinski definition) is 3. The number of amides is 2. The molecule has 1 aromatic rings. The van der Waals surface area contributed by atoms with Crippen LogP contribution in [0.2, 0.25) is 0 Å². The van der Waals surface area contributed by atoms with Gasteiger partial charge in [-0.05, 0) is 37.0 Å². The molecule has 0 aromatic heterocycles. The van der Waals surface area contributed by atoms with Crippen LogP contribution < -0.4 is 10.6 Å². The van der Waals surface area contributed by atoms with Crippen molar-refractivity contribution in [2.45, 2.75) is 38.2 Å². The van der Waals surface area contributed by atoms with Gasteiger partial charge in [0.1, 0.15) is 6.54 Å². The molecule has 0 saturated carbocycles. The van der Waals surface area contributed by atoms with Crippen molar-refractivity contribution in [1.82, 2.24) is 5.32 Å². The molecule has 7 heteroatoms. The number of nitrogens with one attached hydrogen (secondary N) is 2. The average Bonchev–Trinajstić information content (AvgIpc) is 3.06. The van der Waals surface area contributed by atoms with Crippen molar-refractivity contribution in [3.63, 3.8) is 0 Å². The highest BCUT2D eigenvalue weighted by Crippen LogP contribution is 2.17. The normalized spacial score (nSPS) is 16.6. The third-order valence-corrected chi connectivity index (χ3v) is 3.76. The van der Waals surface area contributed by atoms with Gasteiger partial charge in [-0.2, -0.15) is 0 Å². The molecule has 1 saturated heterocycles. The van der Waals surface area contributed by atoms with E-state index in [9.17, 15) is 14.4 Å². The van der Waals surface area contributed by atoms with Gasteiger partial charge in [-0.25, -0.2) is 0 Å². The minimum Gasteiger partial charge on any atom is -0.480 e. The van der Waals surface area contributed by atoms with Crippen LogP contribution in [-0.4, -0.2) is 42.1 Å². The molecular formula is C17H22N2O5. The Balaban J connectivity index is 1.73. The number of ether oxygens (including phenoxy) is 1. The van der Waals surface area contributed by atoms with Crippen molar-refractivity contribution < 1.29 is 24.2 Å². The molecule has 0 aliphatic carbocycles. The Morgan fingerprint density at radius 3 is 2.54 bits per heavy atom. The summed E-state index contributed by atoms with van der Waals surface area (Å²) in [5.41, 5.74) is 1.41. The molecule has 1 fully saturated rings. The van der Waals surface area contributed by atoms with Gasteiger partial charge in [0.05, 0.1) is 12.5 Å². The quantitative estimate of drug-likeness (QED) is 0.665. The average molecular weight is 334 g/mol. The van der Waals surface area contributed by atoms with Gasteiger partial charge in [-0.1, -0.05) is 12.1 Å². The first kappa shape index (κ1) is 17.9. The van der Waals surface area contributed by atoms with Gasteiger partial charge in [0.2, 0.25) is 11.8 Å². The highest BCUT2D eigenvalue weighted by atomic mass is 16.5. The van der Waals surface area contributed by atoms with E-state index in [1.165, 1.54) is 0 Å². The summed E-state index contributed by atoms with van der Waals surface area (Å²) in [7, 11) is 0. The van der Waals surface area contributed by atoms with E-state index in [-0.39, 0.29) is 24.3 Å². The predicted octanol–water partition coefficient (Wildman–Crippen LogP) is 1.33. The van der Waals surface area contributed by atoms with Gasteiger partial charge < -0.3 is 20.5 Å². The number of carbonyl (C=O) groups excluding carboxylic acids is 2. The van der Waals surface area contributed by atoms with Crippen LogP contribution in [0.4, 0.5) is 5.69 Å². The van der Waals surface area contributed by atoms with Gasteiger partial charge in [-0.3, -0.25) is 14.4 Å². The summed E-state index contributed by atoms with van der Waals surface area (Å²) in [6, 6.07) is 6.92. The van der Waals surface area contributed by atoms with Crippen molar-refractivity contribution in [3.8, 4) is 0 Å². The number of benzene rings is 1. The zero-order valence-electron chi connectivity index (χ0n) is 13.4. The fraction of sp³-hybridized carbons (Fsp3) is 0.471. The Bertz CT molecular complexity index is 579. The van der Waals surface area contributed by atoms with E-state index < -0.39 is 12.5 Å². The van der Waals surface area contributed by atoms with E-state index in [4.69, 9.17) is 9.84 Å². The lowest BCUT2D eigenvalue weighted by Crippen LogP contribution is -2.30. The van der Waals surface area contributed by atoms with Crippen LogP contribution in [-0.2, 0) is 25.5 Å². The SMILES string of the molecule is O=C(O)CNC(=O)Cc1ccc(NC(=O)CCC2CCCO2)cc1. The molecule has 0 bridgehead atoms. The Morgan fingerprint density at radius 1 is 1.17 bits per heavy atom. The summed E-state index contributed by atoms with van der Waals surface area (Å²) in [6.45, 7) is 0.394. The molecule has 1 aromatic carbocycles. The number of rotatable bonds is 8. The Kier molecular flexibility index (Phi) is 6.74. The van der Waals surface area contributed by atoms with Crippen molar-refractivity contribution in [2.24, 2.45) is 0 Å². The van der Waals surface area contributed by atoms with E-state index in [2.05, 4.69) is 10.6 Å². The second kappa shape index (κ2) is 9.02. The number of carboxylic acids is 1. The van der Waals surface area contributed by atoms with E-state index in [0.29, 0.717) is 12.1 Å². The third-order valence-electron chi connectivity index (χ3n) is 3.76. The summed E-state index contributed by atoms with van der Waals surface area (Å²) >= 11 is 0. The summed E-state index contributed by atoms with van der Waals surface area (Å²) in [5, 5.41) is 13.6. The highest BCUT2D eigenvalue weighted by molar-refractivity contribution is 5.90. The van der Waals surface area contributed by atoms with Gasteiger partial charge >= 0.3 is 5.97 Å². The van der Waals surface area contributed by atoms with Crippen molar-refractivity contribution in [3.05, 3.63) is 29.8 Å². The number of anilines is 1. The second-order valence-electron chi connectivity index (χ2n) is 5.77. The molecule has 3 N–H and O–H groups in total. The lowest BCUT2D eigenvalue weighted by Gasteiger charge is -2.10. The minimum atomic E-state index is -1.08. The molecule has 2 amide bonds. The number of carbonyl (C=O) groups is 3. The minimum absolute atomic E-state index is 0.0579. The molecule has 130 valence electrons. The molecule has 7 nitrogen and oxygen atoms in total. The maximum absolute atomic E-state index is 11.9. The molecule has 24 heavy (non-hydrogen) atoms. The van der Waals surface area contributed by atoms with Crippen molar-refractivity contribution in [1.29, 1.82) is 0 Å². The van der Waals surface area contributed by atoms with Crippen molar-refractivity contribution in [2.75, 3.05) is 18.5 Å². The van der Waals surface area contributed by atoms with Crippen LogP contribution >= 0.6 is 0 Å². The van der Waals surface area contributed by atoms with Crippen molar-refractivity contribution >= 4 is 23.5 Å². The topological polar surface area (TPSA) is 105 Å². The Labute approximate surface area is 140 Å². The lowest BCUT2D eigenvalue weighted by molar-refractivity contribution is -0.137. The molecule has 2 rings (SSSR count). The number of carboxylic acid groups (broad SMARTS) is 1. The largest absolute Gasteiger partial charge is 0.480 e. The molecule has 1 aliphatic heterocycles. The van der Waals surface area contributed by atoms with Crippen LogP contribution in [0.1, 0.15) is 31.2 Å². The smallest absolute Gasteiger partial charge is 0.322 e. The lowest BCUT2D eigenvalue weighted by atomic mass is 10.1. The van der Waals surface area contributed by atoms with Crippen LogP contribution in [0.3, 0.4) is 0 Å². The van der Waals surface area contributed by atoms with Gasteiger partial charge in [-0.15, -0.1) is 0 Å². The molecule has 1 heterocycles. The number of aliphatic carboxylic acids is 1. The Hall–Kier alpha value is -2.41. The molecular weight excluding hydrogens is 312 g/mol. The van der Waals surface area contributed by atoms with Crippen LogP contribution in [0.5, 0.6) is 0 Å². The first-order chi connectivity index (χ1) is 11.5. The maximum Gasteiger partial charge on any atom is 0.322 e. The monoisotopic (exact) mass is 334 g/mol. The summed E-state index contributed by atoms with van der Waals surface area (Å²) in [4.78, 5) is 33.8. The fourth-order valence-corrected chi connectivity index (χ4v) is 2.52. The molecule has 1 unspecified atom stereocenters. The zero-order chi connectivity index (χ0) is 17.4. The maximum atomic E-state index is 11.9. The predicted molar refractivity (Wildman–Crippen MR) is 87.6 cm³/mol. The fourth-order valence-electron chi connectivity index (χ4n) is 2.52. The third kappa shape index (κ3) is 6.37. The van der Waals surface area contributed by atoms with E-state index in [1.54, 1.807) is 24.3 Å². The highest BCUT2D eigenvalue weighted by Gasteiger charge is 2.16. The van der Waals surface area contributed by atoms with Crippen LogP contribution in [0.15, 0.2) is 24.3 Å². The molecule has 1 atom stereocenters. The summed E-state index contributed by atoms with van der Waals surface area (Å²) in [6.07, 6.45) is 3.53. The summed E-state index contributed by atoms with van der Waals surface area (Å²) < 4.78 is 5.49. The molecule has 0 radical (unpaired) electrons. The first-order valence-electron chi connectivity index (χ1n) is 8.02. The van der Waals surface area contributed by atoms with Crippen LogP contribution in [0.25, 0.3) is 0 Å². The standard InChI is InChI=1S/C17H22N2O5/c20-15(8-7-14-2-1-9-24-14)19-13-5-3-12(4-6-13)10-16(21)18-11-17(22)23/h3-6,14H,1-2,7-11H2,(H,18,21)(H,19,20)(H,22,23). The second-order valence-corrected chi connectivity index (χ2v) is 5.77. The van der Waals surface area contributed by atoms with Crippen LogP contribution in [0, 0.1) is 0 Å².